The first-order chi connectivity index (χ1) is 10.2. The van der Waals surface area contributed by atoms with E-state index in [4.69, 9.17) is 11.5 Å². The fourth-order valence-corrected chi connectivity index (χ4v) is 2.49. The predicted molar refractivity (Wildman–Crippen MR) is 91.1 cm³/mol. The molecule has 112 valence electrons. The highest BCUT2D eigenvalue weighted by atomic mass is 35.5. The van der Waals surface area contributed by atoms with Crippen LogP contribution in [0, 0.1) is 0 Å². The van der Waals surface area contributed by atoms with E-state index in [0.717, 1.165) is 45.1 Å². The van der Waals surface area contributed by atoms with E-state index >= 15 is 0 Å². The molecule has 0 saturated carbocycles. The lowest BCUT2D eigenvalue weighted by atomic mass is 10.3. The van der Waals surface area contributed by atoms with E-state index in [1.54, 1.807) is 0 Å². The molecule has 0 amide bonds. The van der Waals surface area contributed by atoms with E-state index in [-0.39, 0.29) is 12.4 Å². The third kappa shape index (κ3) is 2.44. The Morgan fingerprint density at radius 3 is 1.68 bits per heavy atom. The Bertz CT molecular complexity index is 877. The molecule has 0 fully saturated rings. The maximum absolute atomic E-state index is 5.77. The molecule has 0 atom stereocenters. The summed E-state index contributed by atoms with van der Waals surface area (Å²) in [6.07, 6.45) is 0.600. The van der Waals surface area contributed by atoms with Gasteiger partial charge in [-0.2, -0.15) is 0 Å². The third-order valence-electron chi connectivity index (χ3n) is 3.44. The van der Waals surface area contributed by atoms with Crippen molar-refractivity contribution in [3.05, 3.63) is 48.0 Å². The van der Waals surface area contributed by atoms with Crippen LogP contribution in [0.1, 0.15) is 11.6 Å². The molecule has 0 aliphatic carbocycles. The quantitative estimate of drug-likeness (QED) is 0.426. The number of fused-ring (bicyclic) bond motifs is 2. The van der Waals surface area contributed by atoms with Gasteiger partial charge in [0.1, 0.15) is 11.6 Å². The Morgan fingerprint density at radius 2 is 1.23 bits per heavy atom. The number of hydrogen-bond acceptors (Lipinski definition) is 4. The second-order valence-electron chi connectivity index (χ2n) is 5.10. The van der Waals surface area contributed by atoms with Gasteiger partial charge in [-0.3, -0.25) is 0 Å². The van der Waals surface area contributed by atoms with Crippen molar-refractivity contribution < 1.29 is 0 Å². The molecule has 2 heterocycles. The van der Waals surface area contributed by atoms with Crippen LogP contribution in [0.25, 0.3) is 22.1 Å². The number of imidazole rings is 2. The highest BCUT2D eigenvalue weighted by molar-refractivity contribution is 5.85. The third-order valence-corrected chi connectivity index (χ3v) is 3.44. The summed E-state index contributed by atoms with van der Waals surface area (Å²) >= 11 is 0. The number of hydrogen-bond donors (Lipinski definition) is 4. The molecule has 0 bridgehead atoms. The molecule has 4 rings (SSSR count). The van der Waals surface area contributed by atoms with Gasteiger partial charge in [-0.15, -0.1) is 12.4 Å². The molecule has 0 saturated heterocycles. The van der Waals surface area contributed by atoms with Crippen molar-refractivity contribution in [2.24, 2.45) is 0 Å². The summed E-state index contributed by atoms with van der Waals surface area (Å²) < 4.78 is 0. The molecular weight excluding hydrogens is 300 g/mol. The van der Waals surface area contributed by atoms with Gasteiger partial charge in [0.25, 0.3) is 0 Å². The van der Waals surface area contributed by atoms with Gasteiger partial charge in [0.05, 0.1) is 28.5 Å². The van der Waals surface area contributed by atoms with Crippen molar-refractivity contribution in [3.63, 3.8) is 0 Å². The van der Waals surface area contributed by atoms with Crippen LogP contribution in [0.4, 0.5) is 11.4 Å². The van der Waals surface area contributed by atoms with Gasteiger partial charge < -0.3 is 21.4 Å². The fraction of sp³-hybridized carbons (Fsp3) is 0.0667. The lowest BCUT2D eigenvalue weighted by Crippen LogP contribution is -1.92. The maximum atomic E-state index is 5.77. The number of nitrogens with two attached hydrogens (primary N) is 2. The molecule has 0 radical (unpaired) electrons. The van der Waals surface area contributed by atoms with Crippen LogP contribution < -0.4 is 11.5 Å². The Labute approximate surface area is 132 Å². The number of H-pyrrole nitrogens is 2. The summed E-state index contributed by atoms with van der Waals surface area (Å²) in [5.74, 6) is 1.70. The Morgan fingerprint density at radius 1 is 0.773 bits per heavy atom. The van der Waals surface area contributed by atoms with Crippen molar-refractivity contribution >= 4 is 45.8 Å². The number of halogens is 1. The van der Waals surface area contributed by atoms with Gasteiger partial charge in [-0.25, -0.2) is 9.97 Å². The molecule has 2 aromatic carbocycles. The maximum Gasteiger partial charge on any atom is 0.114 e. The summed E-state index contributed by atoms with van der Waals surface area (Å²) in [5.41, 5.74) is 16.7. The number of rotatable bonds is 2. The fourth-order valence-electron chi connectivity index (χ4n) is 2.49. The van der Waals surface area contributed by atoms with Gasteiger partial charge >= 0.3 is 0 Å². The van der Waals surface area contributed by atoms with Crippen LogP contribution in [-0.4, -0.2) is 19.9 Å². The summed E-state index contributed by atoms with van der Waals surface area (Å²) in [6, 6.07) is 11.3. The van der Waals surface area contributed by atoms with Crippen molar-refractivity contribution in [3.8, 4) is 0 Å². The van der Waals surface area contributed by atoms with E-state index in [1.807, 2.05) is 36.4 Å². The summed E-state index contributed by atoms with van der Waals surface area (Å²) in [7, 11) is 0. The van der Waals surface area contributed by atoms with Gasteiger partial charge in [0, 0.05) is 11.4 Å². The Hall–Kier alpha value is -2.73. The first-order valence-electron chi connectivity index (χ1n) is 6.65. The molecule has 7 heteroatoms. The number of anilines is 2. The second-order valence-corrected chi connectivity index (χ2v) is 5.10. The average Bonchev–Trinajstić information content (AvgIpc) is 3.00. The SMILES string of the molecule is Cl.Nc1ccc2nc(Cc3nc4ccc(N)cc4[nH]3)[nH]c2c1. The number of benzene rings is 2. The molecule has 0 spiro atoms. The molecule has 6 N–H and O–H groups in total. The first-order valence-corrected chi connectivity index (χ1v) is 6.65. The van der Waals surface area contributed by atoms with Crippen molar-refractivity contribution in [2.75, 3.05) is 11.5 Å². The van der Waals surface area contributed by atoms with E-state index in [0.29, 0.717) is 6.42 Å². The molecule has 0 aliphatic rings. The molecule has 22 heavy (non-hydrogen) atoms. The summed E-state index contributed by atoms with van der Waals surface area (Å²) in [4.78, 5) is 15.6. The number of aromatic amines is 2. The lowest BCUT2D eigenvalue weighted by molar-refractivity contribution is 0.960. The Balaban J connectivity index is 0.00000144. The molecule has 2 aromatic heterocycles. The average molecular weight is 315 g/mol. The smallest absolute Gasteiger partial charge is 0.114 e. The van der Waals surface area contributed by atoms with Crippen LogP contribution in [0.2, 0.25) is 0 Å². The molecule has 6 nitrogen and oxygen atoms in total. The van der Waals surface area contributed by atoms with Gasteiger partial charge in [0.2, 0.25) is 0 Å². The normalized spacial score (nSPS) is 10.9. The van der Waals surface area contributed by atoms with Crippen LogP contribution in [0.15, 0.2) is 36.4 Å². The van der Waals surface area contributed by atoms with Crippen molar-refractivity contribution in [1.29, 1.82) is 0 Å². The van der Waals surface area contributed by atoms with E-state index < -0.39 is 0 Å². The van der Waals surface area contributed by atoms with Crippen molar-refractivity contribution in [1.82, 2.24) is 19.9 Å². The first kappa shape index (κ1) is 14.2. The molecule has 4 aromatic rings. The molecular formula is C15H15ClN6. The number of nitrogen functional groups attached to an aromatic ring is 2. The lowest BCUT2D eigenvalue weighted by Gasteiger charge is -1.91. The zero-order valence-corrected chi connectivity index (χ0v) is 12.4. The topological polar surface area (TPSA) is 109 Å². The summed E-state index contributed by atoms with van der Waals surface area (Å²) in [6.45, 7) is 0. The van der Waals surface area contributed by atoms with Gasteiger partial charge in [0.15, 0.2) is 0 Å². The highest BCUT2D eigenvalue weighted by Gasteiger charge is 2.08. The molecule has 0 unspecified atom stereocenters. The monoisotopic (exact) mass is 314 g/mol. The molecule has 0 aliphatic heterocycles. The van der Waals surface area contributed by atoms with Crippen LogP contribution in [-0.2, 0) is 6.42 Å². The van der Waals surface area contributed by atoms with Crippen LogP contribution >= 0.6 is 12.4 Å². The highest BCUT2D eigenvalue weighted by Crippen LogP contribution is 2.18. The minimum atomic E-state index is 0. The Kier molecular flexibility index (Phi) is 3.38. The number of aromatic nitrogens is 4. The van der Waals surface area contributed by atoms with Crippen LogP contribution in [0.3, 0.4) is 0 Å². The zero-order valence-electron chi connectivity index (χ0n) is 11.6. The van der Waals surface area contributed by atoms with E-state index in [2.05, 4.69) is 19.9 Å². The second kappa shape index (κ2) is 5.23. The van der Waals surface area contributed by atoms with Crippen molar-refractivity contribution in [2.45, 2.75) is 6.42 Å². The standard InChI is InChI=1S/C15H14N6.ClH/c16-8-1-3-10-12(5-8)20-14(18-10)7-15-19-11-4-2-9(17)6-13(11)21-15;/h1-6H,7,16-17H2,(H,18,20)(H,19,21);1H. The minimum Gasteiger partial charge on any atom is -0.399 e. The van der Waals surface area contributed by atoms with Crippen LogP contribution in [0.5, 0.6) is 0 Å². The number of nitrogens with zero attached hydrogens (tertiary/aromatic N) is 2. The van der Waals surface area contributed by atoms with E-state index in [1.165, 1.54) is 0 Å². The summed E-state index contributed by atoms with van der Waals surface area (Å²) in [5, 5.41) is 0. The zero-order chi connectivity index (χ0) is 14.4. The number of nitrogens with one attached hydrogen (secondary N) is 2. The predicted octanol–water partition coefficient (Wildman–Crippen LogP) is 2.62. The minimum absolute atomic E-state index is 0. The largest absolute Gasteiger partial charge is 0.399 e. The van der Waals surface area contributed by atoms with Gasteiger partial charge in [-0.05, 0) is 36.4 Å². The van der Waals surface area contributed by atoms with Gasteiger partial charge in [-0.1, -0.05) is 0 Å². The van der Waals surface area contributed by atoms with E-state index in [9.17, 15) is 0 Å².